The van der Waals surface area contributed by atoms with Crippen molar-refractivity contribution in [1.82, 2.24) is 44.9 Å². The zero-order valence-electron chi connectivity index (χ0n) is 34.9. The Kier molecular flexibility index (Phi) is 9.74. The Balaban J connectivity index is 1.10. The Morgan fingerprint density at radius 2 is 0.766 bits per heavy atom. The maximum Gasteiger partial charge on any atom is 0.165 e. The lowest BCUT2D eigenvalue weighted by Gasteiger charge is -2.15. The molecule has 0 amide bonds. The van der Waals surface area contributed by atoms with Gasteiger partial charge in [-0.1, -0.05) is 66.7 Å². The largest absolute Gasteiger partial charge is 0.256 e. The van der Waals surface area contributed by atoms with Gasteiger partial charge in [0.2, 0.25) is 0 Å². The van der Waals surface area contributed by atoms with Crippen LogP contribution >= 0.6 is 0 Å². The van der Waals surface area contributed by atoms with Crippen molar-refractivity contribution in [2.75, 3.05) is 0 Å². The van der Waals surface area contributed by atoms with Crippen LogP contribution in [0.1, 0.15) is 11.1 Å². The summed E-state index contributed by atoms with van der Waals surface area (Å²) in [6, 6.07) is 51.7. The maximum atomic E-state index is 5.18. The summed E-state index contributed by atoms with van der Waals surface area (Å²) in [6.07, 6.45) is 10.9. The molecular formula is C55H37N9. The molecule has 0 aliphatic heterocycles. The van der Waals surface area contributed by atoms with Gasteiger partial charge in [-0.05, 0) is 143 Å². The van der Waals surface area contributed by atoms with E-state index in [2.05, 4.69) is 99.9 Å². The van der Waals surface area contributed by atoms with E-state index in [0.29, 0.717) is 17.5 Å². The second kappa shape index (κ2) is 16.3. The van der Waals surface area contributed by atoms with Crippen LogP contribution in [-0.4, -0.2) is 44.9 Å². The van der Waals surface area contributed by atoms with Gasteiger partial charge in [0.15, 0.2) is 17.5 Å². The highest BCUT2D eigenvalue weighted by atomic mass is 15.0. The Morgan fingerprint density at radius 1 is 0.297 bits per heavy atom. The first-order chi connectivity index (χ1) is 31.5. The average Bonchev–Trinajstić information content (AvgIpc) is 3.37. The number of aromatic nitrogens is 9. The summed E-state index contributed by atoms with van der Waals surface area (Å²) in [4.78, 5) is 43.7. The second-order valence-electron chi connectivity index (χ2n) is 15.7. The quantitative estimate of drug-likeness (QED) is 0.138. The number of benzene rings is 4. The molecule has 0 atom stereocenters. The van der Waals surface area contributed by atoms with Crippen LogP contribution in [0.4, 0.5) is 0 Å². The molecule has 302 valence electrons. The molecule has 7 aromatic heterocycles. The molecule has 0 saturated heterocycles. The van der Waals surface area contributed by atoms with E-state index in [1.54, 1.807) is 18.6 Å². The average molecular weight is 824 g/mol. The molecule has 0 saturated carbocycles. The molecule has 0 fully saturated rings. The van der Waals surface area contributed by atoms with Crippen LogP contribution in [0.25, 0.3) is 112 Å². The monoisotopic (exact) mass is 823 g/mol. The summed E-state index contributed by atoms with van der Waals surface area (Å²) < 4.78 is 0. The predicted octanol–water partition coefficient (Wildman–Crippen LogP) is 12.5. The van der Waals surface area contributed by atoms with Gasteiger partial charge in [-0.2, -0.15) is 0 Å². The van der Waals surface area contributed by atoms with Crippen LogP contribution in [0.5, 0.6) is 0 Å². The van der Waals surface area contributed by atoms with Crippen LogP contribution in [0.2, 0.25) is 0 Å². The zero-order chi connectivity index (χ0) is 43.0. The number of nitrogens with zero attached hydrogens (tertiary/aromatic N) is 9. The van der Waals surface area contributed by atoms with Gasteiger partial charge in [0, 0.05) is 65.0 Å². The normalized spacial score (nSPS) is 11.3. The molecule has 0 aliphatic rings. The number of hydrogen-bond donors (Lipinski definition) is 0. The number of fused-ring (bicyclic) bond motifs is 3. The van der Waals surface area contributed by atoms with Gasteiger partial charge in [0.1, 0.15) is 0 Å². The summed E-state index contributed by atoms with van der Waals surface area (Å²) in [6.45, 7) is 4.05. The number of aryl methyl sites for hydroxylation is 2. The molecule has 7 heterocycles. The molecule has 0 unspecified atom stereocenters. The van der Waals surface area contributed by atoms with Crippen molar-refractivity contribution in [2.45, 2.75) is 13.8 Å². The number of rotatable bonds is 8. The molecule has 11 rings (SSSR count). The lowest BCUT2D eigenvalue weighted by atomic mass is 9.91. The number of hydrogen-bond acceptors (Lipinski definition) is 9. The van der Waals surface area contributed by atoms with E-state index < -0.39 is 0 Å². The smallest absolute Gasteiger partial charge is 0.165 e. The van der Waals surface area contributed by atoms with E-state index in [1.165, 1.54) is 10.8 Å². The van der Waals surface area contributed by atoms with Crippen molar-refractivity contribution in [3.05, 3.63) is 200 Å². The van der Waals surface area contributed by atoms with Crippen LogP contribution < -0.4 is 0 Å². The van der Waals surface area contributed by atoms with E-state index >= 15 is 0 Å². The van der Waals surface area contributed by atoms with Gasteiger partial charge in [-0.25, -0.2) is 15.0 Å². The molecule has 0 bridgehead atoms. The molecule has 0 aliphatic carbocycles. The zero-order valence-corrected chi connectivity index (χ0v) is 34.9. The lowest BCUT2D eigenvalue weighted by molar-refractivity contribution is 1.07. The van der Waals surface area contributed by atoms with Gasteiger partial charge in [0.25, 0.3) is 0 Å². The summed E-state index contributed by atoms with van der Waals surface area (Å²) in [5.74, 6) is 1.44. The molecule has 0 radical (unpaired) electrons. The second-order valence-corrected chi connectivity index (χ2v) is 15.7. The highest BCUT2D eigenvalue weighted by Crippen LogP contribution is 2.39. The van der Waals surface area contributed by atoms with Crippen molar-refractivity contribution >= 4 is 21.5 Å². The summed E-state index contributed by atoms with van der Waals surface area (Å²) in [7, 11) is 0. The van der Waals surface area contributed by atoms with E-state index in [9.17, 15) is 0 Å². The molecule has 9 heteroatoms. The minimum atomic E-state index is 0.473. The fraction of sp³-hybridized carbons (Fsp3) is 0.0364. The maximum absolute atomic E-state index is 5.18. The molecule has 0 spiro atoms. The minimum absolute atomic E-state index is 0.473. The lowest BCUT2D eigenvalue weighted by Crippen LogP contribution is -2.01. The third kappa shape index (κ3) is 7.52. The van der Waals surface area contributed by atoms with E-state index in [4.69, 9.17) is 29.9 Å². The predicted molar refractivity (Wildman–Crippen MR) is 255 cm³/mol. The third-order valence-electron chi connectivity index (χ3n) is 11.3. The molecule has 0 N–H and O–H groups in total. The topological polar surface area (TPSA) is 116 Å². The Morgan fingerprint density at radius 3 is 1.36 bits per heavy atom. The highest BCUT2D eigenvalue weighted by molar-refractivity contribution is 6.14. The fourth-order valence-corrected chi connectivity index (χ4v) is 7.96. The third-order valence-corrected chi connectivity index (χ3v) is 11.3. The Labute approximate surface area is 369 Å². The molecule has 64 heavy (non-hydrogen) atoms. The van der Waals surface area contributed by atoms with Crippen molar-refractivity contribution in [3.8, 4) is 90.6 Å². The molecular weight excluding hydrogens is 787 g/mol. The van der Waals surface area contributed by atoms with Crippen LogP contribution in [0.3, 0.4) is 0 Å². The van der Waals surface area contributed by atoms with Crippen LogP contribution in [-0.2, 0) is 0 Å². The standard InChI is InChI=1S/C55H37N9/c1-34-14-19-47(57-29-34)37-16-21-48(59-31-37)41-25-40(46-28-36-9-3-4-10-43(36)44-11-5-6-12-45(44)46)26-42(27-41)55-63-53(38-17-22-51(60-32-38)49-13-7-8-24-56-49)62-54(64-55)39-18-23-52(61-33-39)50-20-15-35(2)30-58-50/h3-33H,1-2H3. The highest BCUT2D eigenvalue weighted by Gasteiger charge is 2.18. The first-order valence-corrected chi connectivity index (χ1v) is 21.0. The van der Waals surface area contributed by atoms with Crippen molar-refractivity contribution < 1.29 is 0 Å². The van der Waals surface area contributed by atoms with Gasteiger partial charge < -0.3 is 0 Å². The van der Waals surface area contributed by atoms with Gasteiger partial charge >= 0.3 is 0 Å². The Hall–Kier alpha value is -8.69. The number of pyridine rings is 6. The Bertz CT molecular complexity index is 3470. The first-order valence-electron chi connectivity index (χ1n) is 21.0. The SMILES string of the molecule is Cc1ccc(-c2ccc(-c3cc(-c4nc(-c5ccc(-c6ccccn6)nc5)nc(-c5ccc(-c6ccc(C)cn6)nc5)n4)cc(-c4cc5ccccc5c5ccccc45)c3)nc2)nc1. The summed E-state index contributed by atoms with van der Waals surface area (Å²) in [5.41, 5.74) is 13.1. The van der Waals surface area contributed by atoms with E-state index in [0.717, 1.165) is 95.0 Å². The van der Waals surface area contributed by atoms with E-state index in [-0.39, 0.29) is 0 Å². The van der Waals surface area contributed by atoms with E-state index in [1.807, 2.05) is 99.2 Å². The molecule has 9 nitrogen and oxygen atoms in total. The van der Waals surface area contributed by atoms with Crippen LogP contribution in [0, 0.1) is 13.8 Å². The van der Waals surface area contributed by atoms with Gasteiger partial charge in [-0.15, -0.1) is 0 Å². The van der Waals surface area contributed by atoms with Gasteiger partial charge in [0.05, 0.1) is 34.2 Å². The van der Waals surface area contributed by atoms with Crippen molar-refractivity contribution in [1.29, 1.82) is 0 Å². The summed E-state index contributed by atoms with van der Waals surface area (Å²) in [5, 5.41) is 4.67. The summed E-state index contributed by atoms with van der Waals surface area (Å²) >= 11 is 0. The fourth-order valence-electron chi connectivity index (χ4n) is 7.96. The first kappa shape index (κ1) is 38.2. The van der Waals surface area contributed by atoms with Crippen LogP contribution in [0.15, 0.2) is 189 Å². The molecule has 4 aromatic carbocycles. The van der Waals surface area contributed by atoms with Gasteiger partial charge in [-0.3, -0.25) is 29.9 Å². The van der Waals surface area contributed by atoms with Crippen molar-refractivity contribution in [3.63, 3.8) is 0 Å². The minimum Gasteiger partial charge on any atom is -0.256 e. The van der Waals surface area contributed by atoms with Crippen molar-refractivity contribution in [2.24, 2.45) is 0 Å². The molecule has 11 aromatic rings.